The fourth-order valence-corrected chi connectivity index (χ4v) is 1.92. The summed E-state index contributed by atoms with van der Waals surface area (Å²) in [6.07, 6.45) is 5.79. The number of esters is 1. The van der Waals surface area contributed by atoms with Gasteiger partial charge in [-0.3, -0.25) is 0 Å². The van der Waals surface area contributed by atoms with Gasteiger partial charge < -0.3 is 15.0 Å². The topological polar surface area (TPSA) is 41.6 Å². The van der Waals surface area contributed by atoms with Gasteiger partial charge in [-0.2, -0.15) is 0 Å². The standard InChI is InChI=1S/C11H20N2O2/c1-12-8-10-4-3-6-13(9-10)7-5-11(14)15-2/h5,7,10,12H,3-4,6,8-9H2,1-2H3. The van der Waals surface area contributed by atoms with E-state index in [-0.39, 0.29) is 5.97 Å². The maximum atomic E-state index is 10.9. The van der Waals surface area contributed by atoms with Gasteiger partial charge in [-0.1, -0.05) is 0 Å². The average molecular weight is 212 g/mol. The number of hydrogen-bond acceptors (Lipinski definition) is 4. The normalized spacial score (nSPS) is 22.0. The van der Waals surface area contributed by atoms with Gasteiger partial charge in [-0.25, -0.2) is 4.79 Å². The Balaban J connectivity index is 2.35. The van der Waals surface area contributed by atoms with Crippen LogP contribution < -0.4 is 5.32 Å². The van der Waals surface area contributed by atoms with Crippen LogP contribution in [0.25, 0.3) is 0 Å². The van der Waals surface area contributed by atoms with Crippen molar-refractivity contribution in [2.45, 2.75) is 12.8 Å². The molecule has 1 atom stereocenters. The minimum atomic E-state index is -0.286. The molecule has 86 valence electrons. The molecular formula is C11H20N2O2. The van der Waals surface area contributed by atoms with E-state index in [1.165, 1.54) is 26.0 Å². The van der Waals surface area contributed by atoms with Crippen LogP contribution in [-0.4, -0.2) is 44.7 Å². The second-order valence-corrected chi connectivity index (χ2v) is 3.90. The highest BCUT2D eigenvalue weighted by molar-refractivity contribution is 5.81. The van der Waals surface area contributed by atoms with E-state index >= 15 is 0 Å². The molecule has 1 unspecified atom stereocenters. The Morgan fingerprint density at radius 1 is 1.67 bits per heavy atom. The number of ether oxygens (including phenoxy) is 1. The Hall–Kier alpha value is -1.03. The third-order valence-corrected chi connectivity index (χ3v) is 2.67. The Labute approximate surface area is 91.3 Å². The van der Waals surface area contributed by atoms with Crippen molar-refractivity contribution in [3.63, 3.8) is 0 Å². The van der Waals surface area contributed by atoms with Gasteiger partial charge in [0.1, 0.15) is 0 Å². The molecule has 1 heterocycles. The number of likely N-dealkylation sites (tertiary alicyclic amines) is 1. The van der Waals surface area contributed by atoms with Crippen molar-refractivity contribution in [2.75, 3.05) is 33.8 Å². The molecule has 0 aromatic carbocycles. The Bertz CT molecular complexity index is 227. The summed E-state index contributed by atoms with van der Waals surface area (Å²) >= 11 is 0. The van der Waals surface area contributed by atoms with Crippen molar-refractivity contribution in [3.05, 3.63) is 12.3 Å². The molecular weight excluding hydrogens is 192 g/mol. The smallest absolute Gasteiger partial charge is 0.331 e. The first kappa shape index (κ1) is 12.0. The average Bonchev–Trinajstić information content (AvgIpc) is 2.27. The Morgan fingerprint density at radius 2 is 2.47 bits per heavy atom. The zero-order valence-electron chi connectivity index (χ0n) is 9.53. The maximum absolute atomic E-state index is 10.9. The monoisotopic (exact) mass is 212 g/mol. The summed E-state index contributed by atoms with van der Waals surface area (Å²) in [7, 11) is 3.37. The molecule has 1 fully saturated rings. The molecule has 1 saturated heterocycles. The lowest BCUT2D eigenvalue weighted by Crippen LogP contribution is -2.36. The lowest BCUT2D eigenvalue weighted by atomic mass is 9.98. The molecule has 0 aromatic rings. The van der Waals surface area contributed by atoms with E-state index in [9.17, 15) is 4.79 Å². The summed E-state index contributed by atoms with van der Waals surface area (Å²) < 4.78 is 4.55. The number of rotatable bonds is 4. The van der Waals surface area contributed by atoms with E-state index < -0.39 is 0 Å². The predicted molar refractivity (Wildman–Crippen MR) is 59.4 cm³/mol. The van der Waals surface area contributed by atoms with Gasteiger partial charge in [0, 0.05) is 25.4 Å². The lowest BCUT2D eigenvalue weighted by Gasteiger charge is -2.31. The van der Waals surface area contributed by atoms with E-state index in [0.717, 1.165) is 19.6 Å². The summed E-state index contributed by atoms with van der Waals surface area (Å²) in [6, 6.07) is 0. The molecule has 4 heteroatoms. The number of methoxy groups -OCH3 is 1. The highest BCUT2D eigenvalue weighted by atomic mass is 16.5. The van der Waals surface area contributed by atoms with Crippen LogP contribution in [0.2, 0.25) is 0 Å². The quantitative estimate of drug-likeness (QED) is 0.547. The van der Waals surface area contributed by atoms with Crippen molar-refractivity contribution in [1.82, 2.24) is 10.2 Å². The van der Waals surface area contributed by atoms with E-state index in [1.54, 1.807) is 0 Å². The molecule has 4 nitrogen and oxygen atoms in total. The van der Waals surface area contributed by atoms with E-state index in [0.29, 0.717) is 5.92 Å². The molecule has 0 aliphatic carbocycles. The number of carbonyl (C=O) groups excluding carboxylic acids is 1. The highest BCUT2D eigenvalue weighted by Crippen LogP contribution is 2.15. The summed E-state index contributed by atoms with van der Waals surface area (Å²) in [5.74, 6) is 0.400. The summed E-state index contributed by atoms with van der Waals surface area (Å²) in [4.78, 5) is 13.1. The molecule has 15 heavy (non-hydrogen) atoms. The van der Waals surface area contributed by atoms with E-state index in [2.05, 4.69) is 15.0 Å². The number of carbonyl (C=O) groups is 1. The van der Waals surface area contributed by atoms with Gasteiger partial charge in [-0.15, -0.1) is 0 Å². The van der Waals surface area contributed by atoms with Crippen LogP contribution in [0.1, 0.15) is 12.8 Å². The van der Waals surface area contributed by atoms with Crippen LogP contribution in [0.3, 0.4) is 0 Å². The van der Waals surface area contributed by atoms with Gasteiger partial charge in [0.15, 0.2) is 0 Å². The molecule has 0 radical (unpaired) electrons. The lowest BCUT2D eigenvalue weighted by molar-refractivity contribution is -0.134. The van der Waals surface area contributed by atoms with Crippen LogP contribution in [-0.2, 0) is 9.53 Å². The molecule has 0 spiro atoms. The van der Waals surface area contributed by atoms with Crippen LogP contribution >= 0.6 is 0 Å². The third-order valence-electron chi connectivity index (χ3n) is 2.67. The number of piperidine rings is 1. The van der Waals surface area contributed by atoms with Gasteiger partial charge >= 0.3 is 5.97 Å². The third kappa shape index (κ3) is 4.34. The molecule has 1 aliphatic heterocycles. The first-order valence-electron chi connectivity index (χ1n) is 5.41. The Kier molecular flexibility index (Phi) is 5.18. The molecule has 0 amide bonds. The van der Waals surface area contributed by atoms with E-state index in [1.807, 2.05) is 13.2 Å². The van der Waals surface area contributed by atoms with Crippen LogP contribution in [0.4, 0.5) is 0 Å². The largest absolute Gasteiger partial charge is 0.466 e. The van der Waals surface area contributed by atoms with Crippen molar-refractivity contribution in [1.29, 1.82) is 0 Å². The number of hydrogen-bond donors (Lipinski definition) is 1. The van der Waals surface area contributed by atoms with Gasteiger partial charge in [0.2, 0.25) is 0 Å². The fourth-order valence-electron chi connectivity index (χ4n) is 1.92. The Morgan fingerprint density at radius 3 is 3.13 bits per heavy atom. The number of nitrogens with zero attached hydrogens (tertiary/aromatic N) is 1. The minimum Gasteiger partial charge on any atom is -0.466 e. The van der Waals surface area contributed by atoms with Crippen molar-refractivity contribution >= 4 is 5.97 Å². The summed E-state index contributed by atoms with van der Waals surface area (Å²) in [5, 5.41) is 3.19. The number of nitrogens with one attached hydrogen (secondary N) is 1. The minimum absolute atomic E-state index is 0.286. The SMILES string of the molecule is CNCC1CCCN(C=CC(=O)OC)C1. The second kappa shape index (κ2) is 6.45. The van der Waals surface area contributed by atoms with Crippen molar-refractivity contribution in [2.24, 2.45) is 5.92 Å². The van der Waals surface area contributed by atoms with Gasteiger partial charge in [0.25, 0.3) is 0 Å². The molecule has 0 bridgehead atoms. The summed E-state index contributed by atoms with van der Waals surface area (Å²) in [6.45, 7) is 3.10. The molecule has 0 saturated carbocycles. The first-order valence-corrected chi connectivity index (χ1v) is 5.41. The predicted octanol–water partition coefficient (Wildman–Crippen LogP) is 0.604. The first-order chi connectivity index (χ1) is 7.26. The van der Waals surface area contributed by atoms with Crippen LogP contribution in [0.5, 0.6) is 0 Å². The molecule has 1 aliphatic rings. The fraction of sp³-hybridized carbons (Fsp3) is 0.727. The maximum Gasteiger partial charge on any atom is 0.331 e. The zero-order valence-corrected chi connectivity index (χ0v) is 9.53. The van der Waals surface area contributed by atoms with Crippen LogP contribution in [0.15, 0.2) is 12.3 Å². The van der Waals surface area contributed by atoms with Crippen molar-refractivity contribution in [3.8, 4) is 0 Å². The van der Waals surface area contributed by atoms with Crippen LogP contribution in [0, 0.1) is 5.92 Å². The molecule has 1 rings (SSSR count). The zero-order chi connectivity index (χ0) is 11.1. The second-order valence-electron chi connectivity index (χ2n) is 3.90. The molecule has 1 N–H and O–H groups in total. The highest BCUT2D eigenvalue weighted by Gasteiger charge is 2.16. The van der Waals surface area contributed by atoms with E-state index in [4.69, 9.17) is 0 Å². The van der Waals surface area contributed by atoms with Gasteiger partial charge in [-0.05, 0) is 32.4 Å². The van der Waals surface area contributed by atoms with Crippen molar-refractivity contribution < 1.29 is 9.53 Å². The molecule has 0 aromatic heterocycles. The van der Waals surface area contributed by atoms with Gasteiger partial charge in [0.05, 0.1) is 7.11 Å². The summed E-state index contributed by atoms with van der Waals surface area (Å²) in [5.41, 5.74) is 0.